The van der Waals surface area contributed by atoms with E-state index in [1.54, 1.807) is 7.11 Å². The Morgan fingerprint density at radius 2 is 1.77 bits per heavy atom. The van der Waals surface area contributed by atoms with Gasteiger partial charge in [-0.25, -0.2) is 0 Å². The number of H-pyrrole nitrogens is 1. The van der Waals surface area contributed by atoms with Crippen molar-refractivity contribution in [2.45, 2.75) is 33.6 Å². The quantitative estimate of drug-likeness (QED) is 0.343. The highest BCUT2D eigenvalue weighted by Gasteiger charge is 2.16. The lowest BCUT2D eigenvalue weighted by molar-refractivity contribution is 0.415. The smallest absolute Gasteiger partial charge is 0.119 e. The number of fused-ring (bicyclic) bond motifs is 1. The van der Waals surface area contributed by atoms with Crippen molar-refractivity contribution in [3.8, 4) is 16.9 Å². The predicted molar refractivity (Wildman–Crippen MR) is 128 cm³/mol. The maximum Gasteiger partial charge on any atom is 0.119 e. The normalized spacial score (nSPS) is 11.4. The molecule has 0 amide bonds. The summed E-state index contributed by atoms with van der Waals surface area (Å²) in [7, 11) is 1.71. The SMILES string of the molecule is COc1ccc2[nH]c(C)c(-c3ccc(CC(C)C)cc3Cc3ccccc3Cl)c2c1. The summed E-state index contributed by atoms with van der Waals surface area (Å²) in [5, 5.41) is 2.00. The zero-order valence-corrected chi connectivity index (χ0v) is 18.8. The lowest BCUT2D eigenvalue weighted by atomic mass is 9.90. The lowest BCUT2D eigenvalue weighted by Crippen LogP contribution is -1.99. The molecule has 0 aliphatic heterocycles. The molecule has 0 aliphatic rings. The number of nitrogens with one attached hydrogen (secondary N) is 1. The van der Waals surface area contributed by atoms with Gasteiger partial charge in [0.2, 0.25) is 0 Å². The fraction of sp³-hybridized carbons (Fsp3) is 0.259. The summed E-state index contributed by atoms with van der Waals surface area (Å²) in [5.41, 5.74) is 8.59. The molecule has 2 nitrogen and oxygen atoms in total. The molecule has 0 bridgehead atoms. The number of ether oxygens (including phenoxy) is 1. The molecule has 0 unspecified atom stereocenters. The topological polar surface area (TPSA) is 25.0 Å². The van der Waals surface area contributed by atoms with E-state index in [1.165, 1.54) is 27.6 Å². The van der Waals surface area contributed by atoms with Crippen molar-refractivity contribution in [3.63, 3.8) is 0 Å². The number of methoxy groups -OCH3 is 1. The number of benzene rings is 3. The van der Waals surface area contributed by atoms with Gasteiger partial charge in [-0.15, -0.1) is 0 Å². The fourth-order valence-corrected chi connectivity index (χ4v) is 4.46. The number of hydrogen-bond donors (Lipinski definition) is 1. The van der Waals surface area contributed by atoms with E-state index in [-0.39, 0.29) is 0 Å². The van der Waals surface area contributed by atoms with Gasteiger partial charge in [0.1, 0.15) is 5.75 Å². The maximum absolute atomic E-state index is 6.52. The van der Waals surface area contributed by atoms with E-state index in [1.807, 2.05) is 18.2 Å². The highest BCUT2D eigenvalue weighted by molar-refractivity contribution is 6.31. The Kier molecular flexibility index (Phi) is 5.87. The zero-order valence-electron chi connectivity index (χ0n) is 18.1. The van der Waals surface area contributed by atoms with Gasteiger partial charge >= 0.3 is 0 Å². The van der Waals surface area contributed by atoms with Gasteiger partial charge in [0, 0.05) is 27.2 Å². The number of aryl methyl sites for hydroxylation is 1. The van der Waals surface area contributed by atoms with Gasteiger partial charge in [-0.05, 0) is 72.2 Å². The van der Waals surface area contributed by atoms with Crippen molar-refractivity contribution in [3.05, 3.63) is 88.1 Å². The van der Waals surface area contributed by atoms with E-state index in [0.29, 0.717) is 5.92 Å². The van der Waals surface area contributed by atoms with Crippen molar-refractivity contribution in [1.82, 2.24) is 4.98 Å². The van der Waals surface area contributed by atoms with Crippen LogP contribution in [0.5, 0.6) is 5.75 Å². The number of halogens is 1. The molecule has 0 aliphatic carbocycles. The number of aromatic nitrogens is 1. The highest BCUT2D eigenvalue weighted by Crippen LogP contribution is 2.37. The molecule has 4 rings (SSSR count). The van der Waals surface area contributed by atoms with Crippen LogP contribution in [0.15, 0.2) is 60.7 Å². The highest BCUT2D eigenvalue weighted by atomic mass is 35.5. The van der Waals surface area contributed by atoms with Crippen LogP contribution in [0.1, 0.15) is 36.2 Å². The third kappa shape index (κ3) is 4.11. The molecule has 0 atom stereocenters. The molecule has 1 heterocycles. The minimum Gasteiger partial charge on any atom is -0.497 e. The molecule has 0 spiro atoms. The van der Waals surface area contributed by atoms with Gasteiger partial charge in [0.15, 0.2) is 0 Å². The van der Waals surface area contributed by atoms with Crippen LogP contribution in [0.25, 0.3) is 22.0 Å². The second-order valence-corrected chi connectivity index (χ2v) is 8.80. The van der Waals surface area contributed by atoms with Crippen LogP contribution in [-0.2, 0) is 12.8 Å². The molecule has 0 fully saturated rings. The Labute approximate surface area is 183 Å². The summed E-state index contributed by atoms with van der Waals surface area (Å²) >= 11 is 6.52. The minimum atomic E-state index is 0.614. The van der Waals surface area contributed by atoms with Crippen molar-refractivity contribution in [1.29, 1.82) is 0 Å². The van der Waals surface area contributed by atoms with Crippen LogP contribution in [0.2, 0.25) is 5.02 Å². The Balaban J connectivity index is 1.90. The summed E-state index contributed by atoms with van der Waals surface area (Å²) in [6.07, 6.45) is 1.87. The number of rotatable bonds is 6. The van der Waals surface area contributed by atoms with Crippen molar-refractivity contribution >= 4 is 22.5 Å². The molecule has 4 aromatic rings. The van der Waals surface area contributed by atoms with E-state index in [0.717, 1.165) is 40.4 Å². The van der Waals surface area contributed by atoms with Crippen molar-refractivity contribution in [2.75, 3.05) is 7.11 Å². The standard InChI is InChI=1S/C27H28ClNO/c1-17(2)13-19-9-11-23(21(14-19)15-20-7-5-6-8-25(20)28)27-18(3)29-26-12-10-22(30-4)16-24(26)27/h5-12,14,16-17,29H,13,15H2,1-4H3. The number of aromatic amines is 1. The zero-order chi connectivity index (χ0) is 21.3. The molecule has 1 aromatic heterocycles. The molecule has 30 heavy (non-hydrogen) atoms. The monoisotopic (exact) mass is 417 g/mol. The average Bonchev–Trinajstić information content (AvgIpc) is 3.04. The predicted octanol–water partition coefficient (Wildman–Crippen LogP) is 7.59. The van der Waals surface area contributed by atoms with Crippen LogP contribution >= 0.6 is 11.6 Å². The first-order valence-electron chi connectivity index (χ1n) is 10.5. The number of hydrogen-bond acceptors (Lipinski definition) is 1. The Hall–Kier alpha value is -2.71. The molecule has 154 valence electrons. The molecule has 3 aromatic carbocycles. The summed E-state index contributed by atoms with van der Waals surface area (Å²) in [4.78, 5) is 3.54. The summed E-state index contributed by atoms with van der Waals surface area (Å²) in [6.45, 7) is 6.67. The second kappa shape index (κ2) is 8.57. The van der Waals surface area contributed by atoms with Crippen LogP contribution < -0.4 is 4.74 Å². The van der Waals surface area contributed by atoms with E-state index < -0.39 is 0 Å². The van der Waals surface area contributed by atoms with Gasteiger partial charge in [0.25, 0.3) is 0 Å². The molecule has 1 N–H and O–H groups in total. The fourth-order valence-electron chi connectivity index (χ4n) is 4.26. The van der Waals surface area contributed by atoms with Gasteiger partial charge in [-0.1, -0.05) is 61.8 Å². The molecule has 3 heteroatoms. The summed E-state index contributed by atoms with van der Waals surface area (Å²) < 4.78 is 5.50. The van der Waals surface area contributed by atoms with Gasteiger partial charge in [-0.2, -0.15) is 0 Å². The first-order chi connectivity index (χ1) is 14.5. The van der Waals surface area contributed by atoms with E-state index in [4.69, 9.17) is 16.3 Å². The molecule has 0 radical (unpaired) electrons. The third-order valence-electron chi connectivity index (χ3n) is 5.61. The van der Waals surface area contributed by atoms with E-state index >= 15 is 0 Å². The summed E-state index contributed by atoms with van der Waals surface area (Å²) in [5.74, 6) is 1.48. The van der Waals surface area contributed by atoms with Crippen molar-refractivity contribution < 1.29 is 4.74 Å². The largest absolute Gasteiger partial charge is 0.497 e. The molecule has 0 saturated carbocycles. The van der Waals surface area contributed by atoms with Gasteiger partial charge in [-0.3, -0.25) is 0 Å². The average molecular weight is 418 g/mol. The Morgan fingerprint density at radius 1 is 0.967 bits per heavy atom. The Bertz CT molecular complexity index is 1190. The lowest BCUT2D eigenvalue weighted by Gasteiger charge is -2.15. The molecule has 0 saturated heterocycles. The first-order valence-corrected chi connectivity index (χ1v) is 10.9. The van der Waals surface area contributed by atoms with Gasteiger partial charge < -0.3 is 9.72 Å². The summed E-state index contributed by atoms with van der Waals surface area (Å²) in [6, 6.07) is 21.2. The second-order valence-electron chi connectivity index (χ2n) is 8.39. The first kappa shape index (κ1) is 20.6. The van der Waals surface area contributed by atoms with Crippen LogP contribution in [0, 0.1) is 12.8 Å². The molecular weight excluding hydrogens is 390 g/mol. The van der Waals surface area contributed by atoms with Crippen molar-refractivity contribution in [2.24, 2.45) is 5.92 Å². The van der Waals surface area contributed by atoms with Crippen LogP contribution in [0.4, 0.5) is 0 Å². The van der Waals surface area contributed by atoms with Crippen LogP contribution in [-0.4, -0.2) is 12.1 Å². The van der Waals surface area contributed by atoms with E-state index in [2.05, 4.69) is 68.2 Å². The minimum absolute atomic E-state index is 0.614. The van der Waals surface area contributed by atoms with E-state index in [9.17, 15) is 0 Å². The molecular formula is C27H28ClNO. The van der Waals surface area contributed by atoms with Gasteiger partial charge in [0.05, 0.1) is 7.11 Å². The third-order valence-corrected chi connectivity index (χ3v) is 5.98. The van der Waals surface area contributed by atoms with Crippen LogP contribution in [0.3, 0.4) is 0 Å². The maximum atomic E-state index is 6.52. The Morgan fingerprint density at radius 3 is 2.50 bits per heavy atom.